The summed E-state index contributed by atoms with van der Waals surface area (Å²) in [4.78, 5) is 41.2. The van der Waals surface area contributed by atoms with Gasteiger partial charge in [0, 0.05) is 66.1 Å². The molecule has 0 atom stereocenters. The van der Waals surface area contributed by atoms with E-state index in [4.69, 9.17) is 4.74 Å². The van der Waals surface area contributed by atoms with E-state index >= 15 is 0 Å². The second-order valence-electron chi connectivity index (χ2n) is 12.7. The zero-order valence-electron chi connectivity index (χ0n) is 29.0. The Morgan fingerprint density at radius 1 is 0.531 bits per heavy atom. The second-order valence-corrected chi connectivity index (χ2v) is 17.2. The zero-order chi connectivity index (χ0) is 34.3. The van der Waals surface area contributed by atoms with Gasteiger partial charge in [-0.3, -0.25) is 9.59 Å². The Morgan fingerprint density at radius 2 is 1.02 bits per heavy atom. The van der Waals surface area contributed by atoms with Gasteiger partial charge in [0.05, 0.1) is 21.7 Å². The molecule has 2 aliphatic rings. The number of rotatable bonds is 17. The van der Waals surface area contributed by atoms with Crippen LogP contribution in [0.2, 0.25) is 0 Å². The van der Waals surface area contributed by atoms with E-state index < -0.39 is 0 Å². The molecule has 0 unspecified atom stereocenters. The number of carbonyl (C=O) groups is 2. The van der Waals surface area contributed by atoms with Crippen molar-refractivity contribution in [1.29, 1.82) is 0 Å². The smallest absolute Gasteiger partial charge is 0.259 e. The molecule has 6 heterocycles. The molecule has 0 N–H and O–H groups in total. The lowest BCUT2D eigenvalue weighted by Gasteiger charge is -2.20. The highest BCUT2D eigenvalue weighted by molar-refractivity contribution is 7.28. The third kappa shape index (κ3) is 8.29. The second kappa shape index (κ2) is 16.8. The van der Waals surface area contributed by atoms with Gasteiger partial charge in [0.25, 0.3) is 11.8 Å². The number of hydrogen-bond acceptors (Lipinski definition) is 7. The van der Waals surface area contributed by atoms with Crippen LogP contribution < -0.4 is 0 Å². The summed E-state index contributed by atoms with van der Waals surface area (Å²) in [6.45, 7) is 11.1. The third-order valence-electron chi connectivity index (χ3n) is 8.93. The highest BCUT2D eigenvalue weighted by atomic mass is 32.1. The summed E-state index contributed by atoms with van der Waals surface area (Å²) >= 11 is 7.19. The lowest BCUT2D eigenvalue weighted by molar-refractivity contribution is -0.126. The lowest BCUT2D eigenvalue weighted by atomic mass is 10.1. The molecule has 0 saturated carbocycles. The van der Waals surface area contributed by atoms with Gasteiger partial charge in [-0.05, 0) is 93.8 Å². The van der Waals surface area contributed by atoms with Crippen LogP contribution in [-0.4, -0.2) is 47.9 Å². The maximum absolute atomic E-state index is 14.0. The van der Waals surface area contributed by atoms with Gasteiger partial charge in [0.1, 0.15) is 0 Å². The summed E-state index contributed by atoms with van der Waals surface area (Å²) in [6.07, 6.45) is 12.6. The van der Waals surface area contributed by atoms with Gasteiger partial charge in [-0.1, -0.05) is 46.0 Å². The first-order chi connectivity index (χ1) is 23.9. The first-order valence-corrected chi connectivity index (χ1v) is 20.9. The molecule has 0 aliphatic carbocycles. The molecule has 5 nitrogen and oxygen atoms in total. The van der Waals surface area contributed by atoms with Crippen molar-refractivity contribution >= 4 is 62.9 Å². The molecular formula is C40H46N2O3S4. The maximum Gasteiger partial charge on any atom is 0.259 e. The van der Waals surface area contributed by atoms with E-state index in [2.05, 4.69) is 69.3 Å². The number of amides is 2. The van der Waals surface area contributed by atoms with E-state index in [1.807, 2.05) is 51.5 Å². The molecular weight excluding hydrogens is 685 g/mol. The van der Waals surface area contributed by atoms with Gasteiger partial charge in [-0.25, -0.2) is 0 Å². The van der Waals surface area contributed by atoms with Crippen molar-refractivity contribution < 1.29 is 14.3 Å². The van der Waals surface area contributed by atoms with E-state index in [0.29, 0.717) is 30.8 Å². The van der Waals surface area contributed by atoms with Crippen molar-refractivity contribution in [2.45, 2.75) is 79.1 Å². The molecule has 2 aliphatic heterocycles. The number of unbranched alkanes of at least 4 members (excludes halogenated alkanes) is 5. The Bertz CT molecular complexity index is 1870. The third-order valence-corrected chi connectivity index (χ3v) is 13.8. The first kappa shape index (κ1) is 35.7. The Morgan fingerprint density at radius 3 is 1.63 bits per heavy atom. The standard InChI is InChI=1S/C40H46N2O3S4/c1-5-7-9-10-11-23-45-24-12-22-42-31(26-30(40(42)44)29-25-27(3)41(39(29)43)21-8-6-2)32-15-16-35(47-32)36-19-20-38(49-36)37-18-17-34(48-37)33-14-13-28(4)46-33/h13-20,25-26H,5-12,21-24H2,1-4H3/b30-29+. The van der Waals surface area contributed by atoms with E-state index in [1.165, 1.54) is 59.8 Å². The van der Waals surface area contributed by atoms with Crippen molar-refractivity contribution in [3.63, 3.8) is 0 Å². The highest BCUT2D eigenvalue weighted by Gasteiger charge is 2.36. The van der Waals surface area contributed by atoms with Crippen molar-refractivity contribution in [2.24, 2.45) is 0 Å². The summed E-state index contributed by atoms with van der Waals surface area (Å²) in [5, 5.41) is 0. The molecule has 4 aromatic rings. The Labute approximate surface area is 307 Å². The summed E-state index contributed by atoms with van der Waals surface area (Å²) < 4.78 is 5.95. The average Bonchev–Trinajstić information content (AvgIpc) is 3.94. The van der Waals surface area contributed by atoms with Gasteiger partial charge >= 0.3 is 0 Å². The molecule has 258 valence electrons. The lowest BCUT2D eigenvalue weighted by Crippen LogP contribution is -2.29. The fraction of sp³-hybridized carbons (Fsp3) is 0.400. The zero-order valence-corrected chi connectivity index (χ0v) is 32.3. The Balaban J connectivity index is 1.20. The van der Waals surface area contributed by atoms with Gasteiger partial charge < -0.3 is 14.5 Å². The van der Waals surface area contributed by atoms with Crippen LogP contribution in [0.5, 0.6) is 0 Å². The Kier molecular flexibility index (Phi) is 12.2. The number of hydrogen-bond donors (Lipinski definition) is 0. The molecule has 4 aromatic heterocycles. The van der Waals surface area contributed by atoms with E-state index in [1.54, 1.807) is 22.7 Å². The van der Waals surface area contributed by atoms with Crippen LogP contribution in [0.25, 0.3) is 35.0 Å². The molecule has 0 bridgehead atoms. The molecule has 49 heavy (non-hydrogen) atoms. The molecule has 0 fully saturated rings. The number of ether oxygens (including phenoxy) is 1. The molecule has 9 heteroatoms. The van der Waals surface area contributed by atoms with Gasteiger partial charge in [-0.15, -0.1) is 45.3 Å². The quantitative estimate of drug-likeness (QED) is 0.0803. The first-order valence-electron chi connectivity index (χ1n) is 17.6. The van der Waals surface area contributed by atoms with Crippen molar-refractivity contribution in [2.75, 3.05) is 26.3 Å². The number of nitrogens with zero attached hydrogens (tertiary/aromatic N) is 2. The fourth-order valence-electron chi connectivity index (χ4n) is 6.21. The van der Waals surface area contributed by atoms with Crippen LogP contribution in [-0.2, 0) is 14.3 Å². The molecule has 0 radical (unpaired) electrons. The fourth-order valence-corrected chi connectivity index (χ4v) is 10.4. The predicted octanol–water partition coefficient (Wildman–Crippen LogP) is 11.6. The van der Waals surface area contributed by atoms with E-state index in [0.717, 1.165) is 48.6 Å². The van der Waals surface area contributed by atoms with E-state index in [-0.39, 0.29) is 11.8 Å². The van der Waals surface area contributed by atoms with E-state index in [9.17, 15) is 9.59 Å². The Hall–Kier alpha value is -3.08. The van der Waals surface area contributed by atoms with Crippen LogP contribution in [0, 0.1) is 6.92 Å². The van der Waals surface area contributed by atoms with Crippen LogP contribution >= 0.6 is 45.3 Å². The van der Waals surface area contributed by atoms with Gasteiger partial charge in [0.15, 0.2) is 0 Å². The predicted molar refractivity (Wildman–Crippen MR) is 210 cm³/mol. The SMILES string of the molecule is CCCCCCCOCCCN1C(=O)/C(=C2\C=C(C)N(CCCC)C2=O)C=C1c1ccc(-c2ccc(-c3ccc(-c4ccc(C)s4)s3)s2)s1. The topological polar surface area (TPSA) is 49.9 Å². The minimum atomic E-state index is -0.0953. The van der Waals surface area contributed by atoms with Crippen molar-refractivity contribution in [1.82, 2.24) is 9.80 Å². The molecule has 2 amide bonds. The summed E-state index contributed by atoms with van der Waals surface area (Å²) in [5.74, 6) is -0.163. The van der Waals surface area contributed by atoms with Crippen LogP contribution in [0.3, 0.4) is 0 Å². The van der Waals surface area contributed by atoms with Gasteiger partial charge in [0.2, 0.25) is 0 Å². The van der Waals surface area contributed by atoms with Crippen molar-refractivity contribution in [3.8, 4) is 29.3 Å². The average molecular weight is 731 g/mol. The number of aryl methyl sites for hydroxylation is 1. The van der Waals surface area contributed by atoms with Crippen LogP contribution in [0.4, 0.5) is 0 Å². The highest BCUT2D eigenvalue weighted by Crippen LogP contribution is 2.45. The van der Waals surface area contributed by atoms with Gasteiger partial charge in [-0.2, -0.15) is 0 Å². The molecule has 0 spiro atoms. The number of thiophene rings is 4. The summed E-state index contributed by atoms with van der Waals surface area (Å²) in [7, 11) is 0. The molecule has 0 aromatic carbocycles. The molecule has 6 rings (SSSR count). The van der Waals surface area contributed by atoms with Crippen molar-refractivity contribution in [3.05, 3.63) is 87.3 Å². The minimum Gasteiger partial charge on any atom is -0.381 e. The minimum absolute atomic E-state index is 0.0675. The number of allylic oxidation sites excluding steroid dienone is 1. The summed E-state index contributed by atoms with van der Waals surface area (Å²) in [5.41, 5.74) is 2.79. The largest absolute Gasteiger partial charge is 0.381 e. The molecule has 0 saturated heterocycles. The van der Waals surface area contributed by atoms with Crippen LogP contribution in [0.1, 0.15) is 81.9 Å². The number of carbonyl (C=O) groups excluding carboxylic acids is 2. The van der Waals surface area contributed by atoms with Crippen LogP contribution in [0.15, 0.2) is 77.5 Å². The summed E-state index contributed by atoms with van der Waals surface area (Å²) in [6, 6.07) is 17.6. The monoisotopic (exact) mass is 730 g/mol. The maximum atomic E-state index is 14.0. The normalized spacial score (nSPS) is 16.4.